The number of nitrogens with zero attached hydrogens (tertiary/aromatic N) is 1. The number of aliphatic carboxylic acids is 1. The SMILES string of the molecule is O=C(O)CC(c1ccccc1F)N1CCOCC1. The Balaban J connectivity index is 2.24. The summed E-state index contributed by atoms with van der Waals surface area (Å²) >= 11 is 0. The predicted molar refractivity (Wildman–Crippen MR) is 63.8 cm³/mol. The van der Waals surface area contributed by atoms with Crippen LogP contribution < -0.4 is 0 Å². The Morgan fingerprint density at radius 3 is 2.67 bits per heavy atom. The van der Waals surface area contributed by atoms with E-state index in [1.165, 1.54) is 6.07 Å². The van der Waals surface area contributed by atoms with Gasteiger partial charge in [0.05, 0.1) is 19.6 Å². The molecule has 1 aromatic rings. The van der Waals surface area contributed by atoms with Crippen LogP contribution in [0.3, 0.4) is 0 Å². The van der Waals surface area contributed by atoms with Crippen LogP contribution in [0.4, 0.5) is 4.39 Å². The standard InChI is InChI=1S/C13H16FNO3/c14-11-4-2-1-3-10(11)12(9-13(16)17)15-5-7-18-8-6-15/h1-4,12H,5-9H2,(H,16,17). The average molecular weight is 253 g/mol. The molecular weight excluding hydrogens is 237 g/mol. The Labute approximate surface area is 105 Å². The molecule has 18 heavy (non-hydrogen) atoms. The topological polar surface area (TPSA) is 49.8 Å². The molecule has 2 rings (SSSR count). The number of carbonyl (C=O) groups is 1. The Morgan fingerprint density at radius 2 is 2.06 bits per heavy atom. The van der Waals surface area contributed by atoms with Crippen molar-refractivity contribution < 1.29 is 19.0 Å². The van der Waals surface area contributed by atoms with E-state index in [2.05, 4.69) is 0 Å². The second-order valence-corrected chi connectivity index (χ2v) is 4.28. The average Bonchev–Trinajstić information content (AvgIpc) is 2.38. The quantitative estimate of drug-likeness (QED) is 0.886. The Morgan fingerprint density at radius 1 is 1.39 bits per heavy atom. The Kier molecular flexibility index (Phi) is 4.28. The number of rotatable bonds is 4. The third kappa shape index (κ3) is 3.05. The zero-order chi connectivity index (χ0) is 13.0. The van der Waals surface area contributed by atoms with Crippen molar-refractivity contribution in [2.24, 2.45) is 0 Å². The van der Waals surface area contributed by atoms with E-state index < -0.39 is 12.0 Å². The minimum atomic E-state index is -0.922. The molecule has 1 atom stereocenters. The van der Waals surface area contributed by atoms with E-state index in [1.54, 1.807) is 18.2 Å². The fraction of sp³-hybridized carbons (Fsp3) is 0.462. The number of carboxylic acids is 1. The maximum absolute atomic E-state index is 13.8. The van der Waals surface area contributed by atoms with Crippen molar-refractivity contribution in [1.82, 2.24) is 4.90 Å². The first kappa shape index (κ1) is 13.0. The summed E-state index contributed by atoms with van der Waals surface area (Å²) in [5, 5.41) is 8.99. The van der Waals surface area contributed by atoms with Gasteiger partial charge in [0.15, 0.2) is 0 Å². The van der Waals surface area contributed by atoms with E-state index in [0.29, 0.717) is 31.9 Å². The van der Waals surface area contributed by atoms with Gasteiger partial charge in [-0.25, -0.2) is 4.39 Å². The van der Waals surface area contributed by atoms with Crippen LogP contribution in [0.25, 0.3) is 0 Å². The van der Waals surface area contributed by atoms with Crippen molar-refractivity contribution in [1.29, 1.82) is 0 Å². The molecule has 0 amide bonds. The van der Waals surface area contributed by atoms with Crippen molar-refractivity contribution in [3.63, 3.8) is 0 Å². The van der Waals surface area contributed by atoms with Crippen molar-refractivity contribution in [2.45, 2.75) is 12.5 Å². The second kappa shape index (κ2) is 5.93. The summed E-state index contributed by atoms with van der Waals surface area (Å²) in [7, 11) is 0. The summed E-state index contributed by atoms with van der Waals surface area (Å²) in [6, 6.07) is 5.93. The lowest BCUT2D eigenvalue weighted by atomic mass is 10.0. The fourth-order valence-corrected chi connectivity index (χ4v) is 2.24. The molecule has 98 valence electrons. The second-order valence-electron chi connectivity index (χ2n) is 4.28. The molecule has 0 radical (unpaired) electrons. The molecule has 0 spiro atoms. The van der Waals surface area contributed by atoms with Gasteiger partial charge in [-0.1, -0.05) is 18.2 Å². The van der Waals surface area contributed by atoms with Gasteiger partial charge in [-0.3, -0.25) is 9.69 Å². The van der Waals surface area contributed by atoms with Gasteiger partial charge in [-0.15, -0.1) is 0 Å². The molecule has 0 aromatic heterocycles. The van der Waals surface area contributed by atoms with Crippen LogP contribution in [-0.2, 0) is 9.53 Å². The summed E-state index contributed by atoms with van der Waals surface area (Å²) < 4.78 is 19.0. The molecule has 1 aromatic carbocycles. The molecule has 1 unspecified atom stereocenters. The highest BCUT2D eigenvalue weighted by atomic mass is 19.1. The van der Waals surface area contributed by atoms with Crippen LogP contribution in [0.15, 0.2) is 24.3 Å². The first-order valence-electron chi connectivity index (χ1n) is 5.96. The summed E-state index contributed by atoms with van der Waals surface area (Å²) in [6.07, 6.45) is -0.0963. The molecule has 1 aliphatic rings. The Hall–Kier alpha value is -1.46. The van der Waals surface area contributed by atoms with Crippen molar-refractivity contribution >= 4 is 5.97 Å². The van der Waals surface area contributed by atoms with Crippen molar-refractivity contribution in [3.05, 3.63) is 35.6 Å². The van der Waals surface area contributed by atoms with Gasteiger partial charge in [0, 0.05) is 24.7 Å². The summed E-state index contributed by atoms with van der Waals surface area (Å²) in [5.41, 5.74) is 0.446. The van der Waals surface area contributed by atoms with Gasteiger partial charge in [0.25, 0.3) is 0 Å². The molecule has 1 saturated heterocycles. The number of halogens is 1. The van der Waals surface area contributed by atoms with Gasteiger partial charge in [0.1, 0.15) is 5.82 Å². The molecule has 4 nitrogen and oxygen atoms in total. The molecule has 1 N–H and O–H groups in total. The lowest BCUT2D eigenvalue weighted by Crippen LogP contribution is -2.40. The smallest absolute Gasteiger partial charge is 0.305 e. The number of hydrogen-bond donors (Lipinski definition) is 1. The normalized spacial score (nSPS) is 18.5. The van der Waals surface area contributed by atoms with Crippen LogP contribution >= 0.6 is 0 Å². The minimum Gasteiger partial charge on any atom is -0.481 e. The molecule has 1 heterocycles. The number of morpholine rings is 1. The van der Waals surface area contributed by atoms with E-state index in [-0.39, 0.29) is 12.2 Å². The highest BCUT2D eigenvalue weighted by Crippen LogP contribution is 2.27. The van der Waals surface area contributed by atoms with E-state index in [9.17, 15) is 9.18 Å². The van der Waals surface area contributed by atoms with E-state index in [0.717, 1.165) is 0 Å². The highest BCUT2D eigenvalue weighted by Gasteiger charge is 2.26. The fourth-order valence-electron chi connectivity index (χ4n) is 2.24. The maximum Gasteiger partial charge on any atom is 0.305 e. The first-order chi connectivity index (χ1) is 8.68. The molecule has 0 aliphatic carbocycles. The van der Waals surface area contributed by atoms with Crippen LogP contribution in [0.2, 0.25) is 0 Å². The predicted octanol–water partition coefficient (Wildman–Crippen LogP) is 1.67. The van der Waals surface area contributed by atoms with Crippen molar-refractivity contribution in [3.8, 4) is 0 Å². The molecule has 0 bridgehead atoms. The van der Waals surface area contributed by atoms with Crippen LogP contribution in [0, 0.1) is 5.82 Å². The van der Waals surface area contributed by atoms with E-state index in [1.807, 2.05) is 4.90 Å². The summed E-state index contributed by atoms with van der Waals surface area (Å²) in [5.74, 6) is -1.27. The lowest BCUT2D eigenvalue weighted by molar-refractivity contribution is -0.139. The van der Waals surface area contributed by atoms with Crippen molar-refractivity contribution in [2.75, 3.05) is 26.3 Å². The van der Waals surface area contributed by atoms with Crippen LogP contribution in [0.5, 0.6) is 0 Å². The highest BCUT2D eigenvalue weighted by molar-refractivity contribution is 5.68. The zero-order valence-corrected chi connectivity index (χ0v) is 10.0. The monoisotopic (exact) mass is 253 g/mol. The van der Waals surface area contributed by atoms with Gasteiger partial charge in [-0.2, -0.15) is 0 Å². The van der Waals surface area contributed by atoms with Gasteiger partial charge in [-0.05, 0) is 6.07 Å². The lowest BCUT2D eigenvalue weighted by Gasteiger charge is -2.34. The van der Waals surface area contributed by atoms with E-state index in [4.69, 9.17) is 9.84 Å². The zero-order valence-electron chi connectivity index (χ0n) is 10.0. The maximum atomic E-state index is 13.8. The molecule has 1 aliphatic heterocycles. The van der Waals surface area contributed by atoms with E-state index >= 15 is 0 Å². The first-order valence-corrected chi connectivity index (χ1v) is 5.96. The molecule has 5 heteroatoms. The third-order valence-electron chi connectivity index (χ3n) is 3.12. The largest absolute Gasteiger partial charge is 0.481 e. The van der Waals surface area contributed by atoms with Crippen LogP contribution in [-0.4, -0.2) is 42.3 Å². The molecule has 1 fully saturated rings. The van der Waals surface area contributed by atoms with Gasteiger partial charge in [0.2, 0.25) is 0 Å². The van der Waals surface area contributed by atoms with Gasteiger partial charge < -0.3 is 9.84 Å². The molecular formula is C13H16FNO3. The third-order valence-corrected chi connectivity index (χ3v) is 3.12. The summed E-state index contributed by atoms with van der Waals surface area (Å²) in [4.78, 5) is 12.9. The molecule has 0 saturated carbocycles. The van der Waals surface area contributed by atoms with Crippen LogP contribution in [0.1, 0.15) is 18.0 Å². The number of carboxylic acid groups (broad SMARTS) is 1. The van der Waals surface area contributed by atoms with Gasteiger partial charge >= 0.3 is 5.97 Å². The summed E-state index contributed by atoms with van der Waals surface area (Å²) in [6.45, 7) is 2.38. The number of ether oxygens (including phenoxy) is 1. The Bertz CT molecular complexity index is 418. The minimum absolute atomic E-state index is 0.0963. The number of benzene rings is 1. The number of hydrogen-bond acceptors (Lipinski definition) is 3.